The number of aliphatic hydroxyl groups is 1. The zero-order valence-electron chi connectivity index (χ0n) is 10.4. The monoisotopic (exact) mass is 298 g/mol. The zero-order valence-corrected chi connectivity index (χ0v) is 12.0. The van der Waals surface area contributed by atoms with Crippen molar-refractivity contribution in [3.8, 4) is 5.75 Å². The minimum atomic E-state index is -0.341. The van der Waals surface area contributed by atoms with Crippen molar-refractivity contribution in [1.29, 1.82) is 0 Å². The summed E-state index contributed by atoms with van der Waals surface area (Å²) in [5, 5.41) is 9.53. The van der Waals surface area contributed by atoms with Gasteiger partial charge in [0.15, 0.2) is 0 Å². The molecule has 3 heteroatoms. The van der Waals surface area contributed by atoms with Gasteiger partial charge in [-0.25, -0.2) is 0 Å². The summed E-state index contributed by atoms with van der Waals surface area (Å²) in [6.07, 6.45) is 2.87. The maximum absolute atomic E-state index is 9.53. The molecule has 1 aromatic rings. The Bertz CT molecular complexity index is 397. The molecule has 0 bridgehead atoms. The van der Waals surface area contributed by atoms with Crippen molar-refractivity contribution in [3.63, 3.8) is 0 Å². The highest BCUT2D eigenvalue weighted by molar-refractivity contribution is 9.10. The minimum Gasteiger partial charge on any atom is -0.492 e. The molecule has 0 aliphatic heterocycles. The minimum absolute atomic E-state index is 0.341. The lowest BCUT2D eigenvalue weighted by Gasteiger charge is -2.15. The number of aliphatic hydroxyl groups excluding tert-OH is 1. The molecule has 1 fully saturated rings. The van der Waals surface area contributed by atoms with Gasteiger partial charge >= 0.3 is 0 Å². The summed E-state index contributed by atoms with van der Waals surface area (Å²) in [7, 11) is 0. The standard InChI is InChI=1S/C14H19BrO2/c1-9-5-12(7-10(2)16)14(13(15)6-9)17-8-11-3-4-11/h5-6,10-11,16H,3-4,7-8H2,1-2H3. The maximum atomic E-state index is 9.53. The fourth-order valence-corrected chi connectivity index (χ4v) is 2.65. The van der Waals surface area contributed by atoms with E-state index in [0.29, 0.717) is 6.42 Å². The van der Waals surface area contributed by atoms with Crippen molar-refractivity contribution >= 4 is 15.9 Å². The normalized spacial score (nSPS) is 16.9. The van der Waals surface area contributed by atoms with Gasteiger partial charge in [-0.05, 0) is 65.7 Å². The van der Waals surface area contributed by atoms with E-state index in [1.54, 1.807) is 6.92 Å². The first kappa shape index (κ1) is 12.9. The predicted octanol–water partition coefficient (Wildman–Crippen LogP) is 3.47. The molecule has 1 aliphatic carbocycles. The summed E-state index contributed by atoms with van der Waals surface area (Å²) < 4.78 is 6.88. The van der Waals surface area contributed by atoms with E-state index in [-0.39, 0.29) is 6.10 Å². The van der Waals surface area contributed by atoms with Gasteiger partial charge in [-0.1, -0.05) is 6.07 Å². The van der Waals surface area contributed by atoms with Gasteiger partial charge in [-0.3, -0.25) is 0 Å². The third-order valence-corrected chi connectivity index (χ3v) is 3.53. The highest BCUT2D eigenvalue weighted by Gasteiger charge is 2.23. The molecule has 17 heavy (non-hydrogen) atoms. The first-order valence-corrected chi connectivity index (χ1v) is 6.95. The molecule has 1 N–H and O–H groups in total. The van der Waals surface area contributed by atoms with Crippen LogP contribution < -0.4 is 4.74 Å². The second kappa shape index (κ2) is 5.40. The Balaban J connectivity index is 2.18. The number of hydrogen-bond acceptors (Lipinski definition) is 2. The summed E-state index contributed by atoms with van der Waals surface area (Å²) >= 11 is 3.55. The molecule has 0 spiro atoms. The van der Waals surface area contributed by atoms with E-state index < -0.39 is 0 Å². The smallest absolute Gasteiger partial charge is 0.136 e. The van der Waals surface area contributed by atoms with Crippen LogP contribution in [0.4, 0.5) is 0 Å². The van der Waals surface area contributed by atoms with Crippen molar-refractivity contribution in [2.75, 3.05) is 6.61 Å². The molecule has 0 radical (unpaired) electrons. The van der Waals surface area contributed by atoms with E-state index in [1.165, 1.54) is 18.4 Å². The fraction of sp³-hybridized carbons (Fsp3) is 0.571. The quantitative estimate of drug-likeness (QED) is 0.902. The van der Waals surface area contributed by atoms with Crippen LogP contribution in [0, 0.1) is 12.8 Å². The van der Waals surface area contributed by atoms with E-state index in [2.05, 4.69) is 35.0 Å². The van der Waals surface area contributed by atoms with Gasteiger partial charge in [0.1, 0.15) is 5.75 Å². The number of hydrogen-bond donors (Lipinski definition) is 1. The molecule has 0 heterocycles. The highest BCUT2D eigenvalue weighted by Crippen LogP contribution is 2.35. The van der Waals surface area contributed by atoms with Crippen molar-refractivity contribution < 1.29 is 9.84 Å². The Morgan fingerprint density at radius 3 is 2.76 bits per heavy atom. The second-order valence-corrected chi connectivity index (χ2v) is 5.90. The molecule has 0 aromatic heterocycles. The van der Waals surface area contributed by atoms with Crippen molar-refractivity contribution in [3.05, 3.63) is 27.7 Å². The fourth-order valence-electron chi connectivity index (χ4n) is 1.92. The third kappa shape index (κ3) is 3.71. The van der Waals surface area contributed by atoms with E-state index >= 15 is 0 Å². The van der Waals surface area contributed by atoms with Crippen LogP contribution in [0.3, 0.4) is 0 Å². The van der Waals surface area contributed by atoms with E-state index in [4.69, 9.17) is 4.74 Å². The van der Waals surface area contributed by atoms with E-state index in [0.717, 1.165) is 28.3 Å². The largest absolute Gasteiger partial charge is 0.492 e. The van der Waals surface area contributed by atoms with Crippen LogP contribution in [-0.4, -0.2) is 17.8 Å². The van der Waals surface area contributed by atoms with Crippen LogP contribution in [0.5, 0.6) is 5.75 Å². The number of halogens is 1. The number of benzene rings is 1. The lowest BCUT2D eigenvalue weighted by molar-refractivity contribution is 0.193. The molecule has 1 atom stereocenters. The van der Waals surface area contributed by atoms with Gasteiger partial charge in [0.05, 0.1) is 17.2 Å². The molecule has 0 saturated heterocycles. The Morgan fingerprint density at radius 2 is 2.18 bits per heavy atom. The first-order valence-electron chi connectivity index (χ1n) is 6.16. The Hall–Kier alpha value is -0.540. The molecule has 1 aromatic carbocycles. The molecule has 94 valence electrons. The molecular formula is C14H19BrO2. The second-order valence-electron chi connectivity index (χ2n) is 5.04. The number of ether oxygens (including phenoxy) is 1. The van der Waals surface area contributed by atoms with Crippen LogP contribution in [-0.2, 0) is 6.42 Å². The Kier molecular flexibility index (Phi) is 4.10. The first-order chi connectivity index (χ1) is 8.06. The molecular weight excluding hydrogens is 280 g/mol. The number of aryl methyl sites for hydroxylation is 1. The number of rotatable bonds is 5. The van der Waals surface area contributed by atoms with Crippen LogP contribution in [0.1, 0.15) is 30.9 Å². The molecule has 1 unspecified atom stereocenters. The van der Waals surface area contributed by atoms with Crippen molar-refractivity contribution in [2.24, 2.45) is 5.92 Å². The van der Waals surface area contributed by atoms with E-state index in [1.807, 2.05) is 0 Å². The zero-order chi connectivity index (χ0) is 12.4. The van der Waals surface area contributed by atoms with Gasteiger partial charge in [0.25, 0.3) is 0 Å². The summed E-state index contributed by atoms with van der Waals surface area (Å²) in [5.41, 5.74) is 2.28. The summed E-state index contributed by atoms with van der Waals surface area (Å²) in [6, 6.07) is 4.16. The maximum Gasteiger partial charge on any atom is 0.136 e. The van der Waals surface area contributed by atoms with Gasteiger partial charge in [-0.15, -0.1) is 0 Å². The van der Waals surface area contributed by atoms with Crippen LogP contribution in [0.25, 0.3) is 0 Å². The SMILES string of the molecule is Cc1cc(Br)c(OCC2CC2)c(CC(C)O)c1. The lowest BCUT2D eigenvalue weighted by Crippen LogP contribution is -2.09. The van der Waals surface area contributed by atoms with E-state index in [9.17, 15) is 5.11 Å². The van der Waals surface area contributed by atoms with Crippen molar-refractivity contribution in [2.45, 2.75) is 39.2 Å². The predicted molar refractivity (Wildman–Crippen MR) is 72.5 cm³/mol. The lowest BCUT2D eigenvalue weighted by atomic mass is 10.0. The molecule has 2 nitrogen and oxygen atoms in total. The van der Waals surface area contributed by atoms with Gasteiger partial charge in [0, 0.05) is 6.42 Å². The Labute approximate surface area is 111 Å². The topological polar surface area (TPSA) is 29.5 Å². The van der Waals surface area contributed by atoms with Gasteiger partial charge < -0.3 is 9.84 Å². The molecule has 1 saturated carbocycles. The molecule has 2 rings (SSSR count). The van der Waals surface area contributed by atoms with Gasteiger partial charge in [-0.2, -0.15) is 0 Å². The summed E-state index contributed by atoms with van der Waals surface area (Å²) in [5.74, 6) is 1.64. The molecule has 0 amide bonds. The van der Waals surface area contributed by atoms with Gasteiger partial charge in [0.2, 0.25) is 0 Å². The highest BCUT2D eigenvalue weighted by atomic mass is 79.9. The third-order valence-electron chi connectivity index (χ3n) is 2.94. The van der Waals surface area contributed by atoms with Crippen LogP contribution in [0.15, 0.2) is 16.6 Å². The summed E-state index contributed by atoms with van der Waals surface area (Å²) in [4.78, 5) is 0. The van der Waals surface area contributed by atoms with Crippen molar-refractivity contribution in [1.82, 2.24) is 0 Å². The van der Waals surface area contributed by atoms with Crippen LogP contribution >= 0.6 is 15.9 Å². The Morgan fingerprint density at radius 1 is 1.47 bits per heavy atom. The average molecular weight is 299 g/mol. The summed E-state index contributed by atoms with van der Waals surface area (Å²) in [6.45, 7) is 4.66. The van der Waals surface area contributed by atoms with Crippen LogP contribution in [0.2, 0.25) is 0 Å². The molecule has 1 aliphatic rings. The average Bonchev–Trinajstić information content (AvgIpc) is 2.98.